The molecule has 2 aromatic carbocycles. The van der Waals surface area contributed by atoms with Gasteiger partial charge < -0.3 is 10.1 Å². The van der Waals surface area contributed by atoms with Crippen LogP contribution in [0, 0.1) is 0 Å². The summed E-state index contributed by atoms with van der Waals surface area (Å²) in [5.41, 5.74) is 0.716. The fraction of sp³-hybridized carbons (Fsp3) is 0.105. The minimum Gasteiger partial charge on any atom is -0.497 e. The van der Waals surface area contributed by atoms with Crippen LogP contribution in [0.3, 0.4) is 0 Å². The van der Waals surface area contributed by atoms with Crippen LogP contribution in [0.1, 0.15) is 17.3 Å². The molecule has 5 heteroatoms. The van der Waals surface area contributed by atoms with Crippen molar-refractivity contribution in [3.05, 3.63) is 71.8 Å². The second-order valence-electron chi connectivity index (χ2n) is 5.03. The highest BCUT2D eigenvalue weighted by molar-refractivity contribution is 6.26. The summed E-state index contributed by atoms with van der Waals surface area (Å²) in [7, 11) is 1.53. The van der Waals surface area contributed by atoms with Crippen LogP contribution in [0.5, 0.6) is 5.75 Å². The van der Waals surface area contributed by atoms with E-state index in [0.29, 0.717) is 17.0 Å². The Morgan fingerprint density at radius 3 is 2.12 bits per heavy atom. The molecule has 0 aliphatic heterocycles. The lowest BCUT2D eigenvalue weighted by Gasteiger charge is -2.06. The van der Waals surface area contributed by atoms with Gasteiger partial charge in [0, 0.05) is 17.3 Å². The molecule has 0 saturated carbocycles. The van der Waals surface area contributed by atoms with E-state index in [1.54, 1.807) is 48.5 Å². The van der Waals surface area contributed by atoms with Gasteiger partial charge in [-0.1, -0.05) is 18.2 Å². The standard InChI is InChI=1S/C19H17NO4/c1-13(21)17(19(23)20-15-6-4-3-5-7-15)12-18(22)14-8-10-16(24-2)11-9-14/h3-12H,1-2H3,(H,20,23)/b17-12+. The SMILES string of the molecule is COc1ccc(C(=O)/C=C(\C(C)=O)C(=O)Nc2ccccc2)cc1. The highest BCUT2D eigenvalue weighted by atomic mass is 16.5. The Balaban J connectivity index is 2.21. The molecular weight excluding hydrogens is 306 g/mol. The molecule has 0 aromatic heterocycles. The van der Waals surface area contributed by atoms with Crippen LogP contribution in [-0.4, -0.2) is 24.6 Å². The number of nitrogens with one attached hydrogen (secondary N) is 1. The molecule has 1 N–H and O–H groups in total. The number of methoxy groups -OCH3 is 1. The molecule has 0 saturated heterocycles. The third kappa shape index (κ3) is 4.39. The molecule has 0 aliphatic rings. The molecule has 0 unspecified atom stereocenters. The molecule has 0 atom stereocenters. The molecule has 0 spiro atoms. The Morgan fingerprint density at radius 1 is 0.958 bits per heavy atom. The van der Waals surface area contributed by atoms with Crippen molar-refractivity contribution in [3.63, 3.8) is 0 Å². The minimum absolute atomic E-state index is 0.195. The molecule has 0 fully saturated rings. The van der Waals surface area contributed by atoms with Crippen molar-refractivity contribution in [2.75, 3.05) is 12.4 Å². The quantitative estimate of drug-likeness (QED) is 0.384. The van der Waals surface area contributed by atoms with Crippen molar-refractivity contribution in [2.24, 2.45) is 0 Å². The first-order valence-electron chi connectivity index (χ1n) is 7.28. The first-order chi connectivity index (χ1) is 11.5. The molecular formula is C19H17NO4. The first kappa shape index (κ1) is 17.1. The summed E-state index contributed by atoms with van der Waals surface area (Å²) in [6.07, 6.45) is 1.06. The number of allylic oxidation sites excluding steroid dienone is 1. The van der Waals surface area contributed by atoms with Gasteiger partial charge in [0.1, 0.15) is 5.75 Å². The summed E-state index contributed by atoms with van der Waals surface area (Å²) >= 11 is 0. The number of ether oxygens (including phenoxy) is 1. The number of amides is 1. The zero-order valence-electron chi connectivity index (χ0n) is 13.4. The van der Waals surface area contributed by atoms with Crippen molar-refractivity contribution >= 4 is 23.2 Å². The van der Waals surface area contributed by atoms with Gasteiger partial charge in [-0.15, -0.1) is 0 Å². The number of rotatable bonds is 6. The predicted octanol–water partition coefficient (Wildman–Crippen LogP) is 3.03. The van der Waals surface area contributed by atoms with E-state index in [0.717, 1.165) is 6.08 Å². The number of carbonyl (C=O) groups excluding carboxylic acids is 3. The van der Waals surface area contributed by atoms with Crippen LogP contribution in [-0.2, 0) is 9.59 Å². The Bertz CT molecular complexity index is 777. The Hall–Kier alpha value is -3.21. The topological polar surface area (TPSA) is 72.5 Å². The van der Waals surface area contributed by atoms with E-state index in [1.165, 1.54) is 14.0 Å². The lowest BCUT2D eigenvalue weighted by atomic mass is 10.0. The Morgan fingerprint density at radius 2 is 1.58 bits per heavy atom. The average molecular weight is 323 g/mol. The highest BCUT2D eigenvalue weighted by Gasteiger charge is 2.17. The largest absolute Gasteiger partial charge is 0.497 e. The number of benzene rings is 2. The van der Waals surface area contributed by atoms with Crippen molar-refractivity contribution in [2.45, 2.75) is 6.92 Å². The van der Waals surface area contributed by atoms with E-state index < -0.39 is 17.5 Å². The number of carbonyl (C=O) groups is 3. The zero-order valence-corrected chi connectivity index (χ0v) is 13.4. The maximum absolute atomic E-state index is 12.3. The summed E-state index contributed by atoms with van der Waals surface area (Å²) in [6, 6.07) is 15.1. The average Bonchev–Trinajstić information content (AvgIpc) is 2.60. The van der Waals surface area contributed by atoms with Gasteiger partial charge in [-0.25, -0.2) is 0 Å². The molecule has 24 heavy (non-hydrogen) atoms. The van der Waals surface area contributed by atoms with E-state index in [-0.39, 0.29) is 5.57 Å². The number of hydrogen-bond donors (Lipinski definition) is 1. The maximum Gasteiger partial charge on any atom is 0.259 e. The molecule has 122 valence electrons. The third-order valence-electron chi connectivity index (χ3n) is 3.31. The first-order valence-corrected chi connectivity index (χ1v) is 7.28. The molecule has 0 heterocycles. The van der Waals surface area contributed by atoms with Crippen molar-refractivity contribution in [3.8, 4) is 5.75 Å². The molecule has 2 rings (SSSR count). The smallest absolute Gasteiger partial charge is 0.259 e. The van der Waals surface area contributed by atoms with Crippen LogP contribution >= 0.6 is 0 Å². The second kappa shape index (κ2) is 7.87. The van der Waals surface area contributed by atoms with Crippen LogP contribution in [0.25, 0.3) is 0 Å². The van der Waals surface area contributed by atoms with Crippen LogP contribution in [0.4, 0.5) is 5.69 Å². The van der Waals surface area contributed by atoms with Gasteiger partial charge in [-0.2, -0.15) is 0 Å². The van der Waals surface area contributed by atoms with Crippen molar-refractivity contribution < 1.29 is 19.1 Å². The fourth-order valence-electron chi connectivity index (χ4n) is 2.02. The molecule has 2 aromatic rings. The summed E-state index contributed by atoms with van der Waals surface area (Å²) in [5.74, 6) is -0.906. The van der Waals surface area contributed by atoms with E-state index in [4.69, 9.17) is 4.74 Å². The minimum atomic E-state index is -0.615. The van der Waals surface area contributed by atoms with Gasteiger partial charge in [-0.05, 0) is 43.3 Å². The van der Waals surface area contributed by atoms with Gasteiger partial charge in [0.25, 0.3) is 5.91 Å². The predicted molar refractivity (Wildman–Crippen MR) is 91.2 cm³/mol. The number of hydrogen-bond acceptors (Lipinski definition) is 4. The highest BCUT2D eigenvalue weighted by Crippen LogP contribution is 2.14. The van der Waals surface area contributed by atoms with Gasteiger partial charge in [0.05, 0.1) is 12.7 Å². The molecule has 0 aliphatic carbocycles. The van der Waals surface area contributed by atoms with E-state index in [1.807, 2.05) is 6.07 Å². The lowest BCUT2D eigenvalue weighted by Crippen LogP contribution is -2.20. The van der Waals surface area contributed by atoms with E-state index >= 15 is 0 Å². The molecule has 0 radical (unpaired) electrons. The molecule has 0 bridgehead atoms. The van der Waals surface area contributed by atoms with Gasteiger partial charge in [0.2, 0.25) is 0 Å². The van der Waals surface area contributed by atoms with Gasteiger partial charge in [0.15, 0.2) is 11.6 Å². The van der Waals surface area contributed by atoms with Crippen LogP contribution in [0.15, 0.2) is 66.2 Å². The lowest BCUT2D eigenvalue weighted by molar-refractivity contribution is -0.118. The summed E-state index contributed by atoms with van der Waals surface area (Å²) in [5, 5.41) is 2.60. The normalized spacial score (nSPS) is 10.8. The van der Waals surface area contributed by atoms with E-state index in [2.05, 4.69) is 5.32 Å². The van der Waals surface area contributed by atoms with Gasteiger partial charge in [-0.3, -0.25) is 14.4 Å². The number of Topliss-reactive ketones (excluding diaryl/α,β-unsaturated/α-hetero) is 1. The van der Waals surface area contributed by atoms with E-state index in [9.17, 15) is 14.4 Å². The van der Waals surface area contributed by atoms with Crippen molar-refractivity contribution in [1.82, 2.24) is 0 Å². The number of anilines is 1. The van der Waals surface area contributed by atoms with Crippen LogP contribution < -0.4 is 10.1 Å². The zero-order chi connectivity index (χ0) is 17.5. The van der Waals surface area contributed by atoms with Gasteiger partial charge >= 0.3 is 0 Å². The maximum atomic E-state index is 12.3. The Kier molecular flexibility index (Phi) is 5.63. The van der Waals surface area contributed by atoms with Crippen molar-refractivity contribution in [1.29, 1.82) is 0 Å². The monoisotopic (exact) mass is 323 g/mol. The summed E-state index contributed by atoms with van der Waals surface area (Å²) in [6.45, 7) is 1.25. The second-order valence-corrected chi connectivity index (χ2v) is 5.03. The number of para-hydroxylation sites is 1. The molecule has 1 amide bonds. The molecule has 5 nitrogen and oxygen atoms in total. The van der Waals surface area contributed by atoms with Crippen LogP contribution in [0.2, 0.25) is 0 Å². The number of ketones is 2. The summed E-state index contributed by atoms with van der Waals surface area (Å²) in [4.78, 5) is 36.3. The fourth-order valence-corrected chi connectivity index (χ4v) is 2.02. The summed E-state index contributed by atoms with van der Waals surface area (Å²) < 4.78 is 5.03. The third-order valence-corrected chi connectivity index (χ3v) is 3.31. The Labute approximate surface area is 140 Å².